The summed E-state index contributed by atoms with van der Waals surface area (Å²) in [7, 11) is 1.64. The largest absolute Gasteiger partial charge is 0.496 e. The number of imidazole rings is 1. The van der Waals surface area contributed by atoms with E-state index < -0.39 is 0 Å². The zero-order chi connectivity index (χ0) is 14.0. The van der Waals surface area contributed by atoms with Crippen molar-refractivity contribution in [3.8, 4) is 23.1 Å². The molecule has 0 aliphatic rings. The van der Waals surface area contributed by atoms with Gasteiger partial charge in [-0.1, -0.05) is 26.8 Å². The molecule has 0 spiro atoms. The second-order valence-electron chi connectivity index (χ2n) is 5.42. The van der Waals surface area contributed by atoms with Gasteiger partial charge in [-0.2, -0.15) is 5.26 Å². The second-order valence-corrected chi connectivity index (χ2v) is 5.42. The van der Waals surface area contributed by atoms with Gasteiger partial charge in [-0.05, 0) is 23.1 Å². The first-order chi connectivity index (χ1) is 8.95. The van der Waals surface area contributed by atoms with E-state index in [1.165, 1.54) is 5.56 Å². The summed E-state index contributed by atoms with van der Waals surface area (Å²) in [4.78, 5) is 6.99. The minimum Gasteiger partial charge on any atom is -0.496 e. The van der Waals surface area contributed by atoms with Crippen molar-refractivity contribution in [1.29, 1.82) is 5.26 Å². The number of methoxy groups -OCH3 is 1. The molecule has 1 aromatic heterocycles. The van der Waals surface area contributed by atoms with Crippen LogP contribution in [0, 0.1) is 11.3 Å². The van der Waals surface area contributed by atoms with Crippen LogP contribution in [0.15, 0.2) is 24.4 Å². The smallest absolute Gasteiger partial charge is 0.210 e. The molecule has 0 aliphatic carbocycles. The predicted octanol–water partition coefficient (Wildman–Crippen LogP) is 3.25. The lowest BCUT2D eigenvalue weighted by Gasteiger charge is -2.20. The van der Waals surface area contributed by atoms with Gasteiger partial charge in [0.05, 0.1) is 19.0 Å². The fraction of sp³-hybridized carbons (Fsp3) is 0.333. The lowest BCUT2D eigenvalue weighted by Crippen LogP contribution is -2.11. The van der Waals surface area contributed by atoms with Crippen LogP contribution in [0.25, 0.3) is 11.3 Å². The lowest BCUT2D eigenvalue weighted by atomic mass is 9.86. The van der Waals surface area contributed by atoms with Crippen molar-refractivity contribution < 1.29 is 4.74 Å². The molecule has 1 aromatic carbocycles. The summed E-state index contributed by atoms with van der Waals surface area (Å²) in [6, 6.07) is 8.08. The van der Waals surface area contributed by atoms with Crippen molar-refractivity contribution in [2.75, 3.05) is 7.11 Å². The van der Waals surface area contributed by atoms with E-state index in [4.69, 9.17) is 10.00 Å². The fourth-order valence-corrected chi connectivity index (χ4v) is 1.90. The van der Waals surface area contributed by atoms with Crippen LogP contribution in [0.5, 0.6) is 5.75 Å². The van der Waals surface area contributed by atoms with Crippen LogP contribution < -0.4 is 4.74 Å². The molecule has 0 atom stereocenters. The first kappa shape index (κ1) is 13.2. The third-order valence-electron chi connectivity index (χ3n) is 3.04. The maximum atomic E-state index is 8.83. The number of aromatic nitrogens is 2. The highest BCUT2D eigenvalue weighted by Crippen LogP contribution is 2.33. The Balaban J connectivity index is 2.57. The van der Waals surface area contributed by atoms with Crippen molar-refractivity contribution in [3.63, 3.8) is 0 Å². The zero-order valence-electron chi connectivity index (χ0n) is 11.6. The maximum absolute atomic E-state index is 8.83. The van der Waals surface area contributed by atoms with Gasteiger partial charge in [0.25, 0.3) is 0 Å². The average Bonchev–Trinajstić information content (AvgIpc) is 2.85. The third kappa shape index (κ3) is 2.60. The quantitative estimate of drug-likeness (QED) is 0.896. The second kappa shape index (κ2) is 4.77. The minimum absolute atomic E-state index is 0.0547. The molecule has 19 heavy (non-hydrogen) atoms. The van der Waals surface area contributed by atoms with Crippen LogP contribution in [0.4, 0.5) is 0 Å². The van der Waals surface area contributed by atoms with Crippen LogP contribution in [0.2, 0.25) is 0 Å². The number of H-pyrrole nitrogens is 1. The number of aromatic amines is 1. The molecule has 98 valence electrons. The normalized spacial score (nSPS) is 11.1. The molecule has 1 heterocycles. The molecular weight excluding hydrogens is 238 g/mol. The highest BCUT2D eigenvalue weighted by Gasteiger charge is 2.17. The van der Waals surface area contributed by atoms with E-state index in [2.05, 4.69) is 42.9 Å². The Morgan fingerprint density at radius 3 is 2.58 bits per heavy atom. The molecule has 0 bridgehead atoms. The molecule has 0 radical (unpaired) electrons. The van der Waals surface area contributed by atoms with Gasteiger partial charge in [0.15, 0.2) is 0 Å². The van der Waals surface area contributed by atoms with Crippen LogP contribution in [0.1, 0.15) is 32.2 Å². The Morgan fingerprint density at radius 2 is 2.05 bits per heavy atom. The van der Waals surface area contributed by atoms with E-state index in [1.807, 2.05) is 12.1 Å². The lowest BCUT2D eigenvalue weighted by molar-refractivity contribution is 0.415. The molecular formula is C15H17N3O. The molecule has 4 nitrogen and oxygen atoms in total. The van der Waals surface area contributed by atoms with Gasteiger partial charge in [0.2, 0.25) is 5.82 Å². The molecule has 0 aliphatic heterocycles. The van der Waals surface area contributed by atoms with E-state index in [1.54, 1.807) is 13.3 Å². The van der Waals surface area contributed by atoms with Gasteiger partial charge >= 0.3 is 0 Å². The first-order valence-corrected chi connectivity index (χ1v) is 6.09. The van der Waals surface area contributed by atoms with Gasteiger partial charge in [-0.3, -0.25) is 0 Å². The van der Waals surface area contributed by atoms with Crippen molar-refractivity contribution in [2.45, 2.75) is 26.2 Å². The van der Waals surface area contributed by atoms with Gasteiger partial charge in [-0.15, -0.1) is 0 Å². The Kier molecular flexibility index (Phi) is 3.30. The molecule has 0 unspecified atom stereocenters. The highest BCUT2D eigenvalue weighted by atomic mass is 16.5. The van der Waals surface area contributed by atoms with Gasteiger partial charge in [-0.25, -0.2) is 4.98 Å². The van der Waals surface area contributed by atoms with Crippen molar-refractivity contribution in [1.82, 2.24) is 9.97 Å². The summed E-state index contributed by atoms with van der Waals surface area (Å²) in [6.45, 7) is 6.48. The summed E-state index contributed by atoms with van der Waals surface area (Å²) in [5, 5.41) is 8.83. The number of nitrogens with one attached hydrogen (secondary N) is 1. The van der Waals surface area contributed by atoms with Gasteiger partial charge < -0.3 is 9.72 Å². The summed E-state index contributed by atoms with van der Waals surface area (Å²) >= 11 is 0. The molecule has 1 N–H and O–H groups in total. The summed E-state index contributed by atoms with van der Waals surface area (Å²) < 4.78 is 5.38. The van der Waals surface area contributed by atoms with Crippen LogP contribution in [0.3, 0.4) is 0 Å². The van der Waals surface area contributed by atoms with Crippen LogP contribution in [-0.4, -0.2) is 17.1 Å². The molecule has 2 aromatic rings. The number of nitrogens with zero attached hydrogens (tertiary/aromatic N) is 2. The number of benzene rings is 1. The Labute approximate surface area is 113 Å². The third-order valence-corrected chi connectivity index (χ3v) is 3.04. The number of nitriles is 1. The zero-order valence-corrected chi connectivity index (χ0v) is 11.6. The Bertz CT molecular complexity index is 630. The number of rotatable bonds is 2. The molecule has 0 saturated carbocycles. The van der Waals surface area contributed by atoms with E-state index in [0.717, 1.165) is 17.0 Å². The molecule has 0 saturated heterocycles. The predicted molar refractivity (Wildman–Crippen MR) is 74.0 cm³/mol. The van der Waals surface area contributed by atoms with Crippen molar-refractivity contribution in [3.05, 3.63) is 35.8 Å². The monoisotopic (exact) mass is 255 g/mol. The summed E-state index contributed by atoms with van der Waals surface area (Å²) in [6.07, 6.45) is 1.66. The topological polar surface area (TPSA) is 61.7 Å². The number of ether oxygens (including phenoxy) is 1. The van der Waals surface area contributed by atoms with E-state index in [0.29, 0.717) is 5.82 Å². The van der Waals surface area contributed by atoms with Crippen LogP contribution >= 0.6 is 0 Å². The average molecular weight is 255 g/mol. The van der Waals surface area contributed by atoms with E-state index >= 15 is 0 Å². The molecule has 0 fully saturated rings. The van der Waals surface area contributed by atoms with Crippen molar-refractivity contribution >= 4 is 0 Å². The van der Waals surface area contributed by atoms with Gasteiger partial charge in [0, 0.05) is 5.56 Å². The minimum atomic E-state index is 0.0547. The molecule has 0 amide bonds. The number of hydrogen-bond donors (Lipinski definition) is 1. The highest BCUT2D eigenvalue weighted by molar-refractivity contribution is 5.68. The maximum Gasteiger partial charge on any atom is 0.210 e. The first-order valence-electron chi connectivity index (χ1n) is 6.09. The van der Waals surface area contributed by atoms with E-state index in [-0.39, 0.29) is 5.41 Å². The Hall–Kier alpha value is -2.28. The summed E-state index contributed by atoms with van der Waals surface area (Å²) in [5.74, 6) is 1.07. The molecule has 2 rings (SSSR count). The molecule has 4 heteroatoms. The summed E-state index contributed by atoms with van der Waals surface area (Å²) in [5.41, 5.74) is 2.97. The standard InChI is InChI=1S/C15H17N3O/c1-15(2,3)10-5-6-13(19-4)11(7-10)12-9-17-14(8-16)18-12/h5-7,9H,1-4H3,(H,17,18). The van der Waals surface area contributed by atoms with Gasteiger partial charge in [0.1, 0.15) is 11.8 Å². The SMILES string of the molecule is COc1ccc(C(C)(C)C)cc1-c1cnc(C#N)[nH]1. The number of hydrogen-bond acceptors (Lipinski definition) is 3. The van der Waals surface area contributed by atoms with E-state index in [9.17, 15) is 0 Å². The van der Waals surface area contributed by atoms with Crippen molar-refractivity contribution in [2.24, 2.45) is 0 Å². The Morgan fingerprint density at radius 1 is 1.32 bits per heavy atom. The fourth-order valence-electron chi connectivity index (χ4n) is 1.90. The van der Waals surface area contributed by atoms with Crippen LogP contribution in [-0.2, 0) is 5.41 Å².